The smallest absolute Gasteiger partial charge is 0.281 e. The summed E-state index contributed by atoms with van der Waals surface area (Å²) in [4.78, 5) is 13.5. The molecule has 1 amide bonds. The first kappa shape index (κ1) is 24.6. The number of benzene rings is 3. The van der Waals surface area contributed by atoms with Crippen LogP contribution < -0.4 is 13.8 Å². The monoisotopic (exact) mass is 487 g/mol. The highest BCUT2D eigenvalue weighted by atomic mass is 35.5. The molecule has 6 nitrogen and oxygen atoms in total. The minimum atomic E-state index is -4.20. The lowest BCUT2D eigenvalue weighted by molar-refractivity contribution is -0.123. The molecule has 174 valence electrons. The average Bonchev–Trinajstić information content (AvgIpc) is 2.79. The van der Waals surface area contributed by atoms with Gasteiger partial charge >= 0.3 is 0 Å². The summed E-state index contributed by atoms with van der Waals surface area (Å²) in [6.07, 6.45) is -1.09. The molecule has 0 heterocycles. The molecule has 0 bridgehead atoms. The van der Waals surface area contributed by atoms with Crippen LogP contribution in [-0.4, -0.2) is 27.0 Å². The molecule has 0 radical (unpaired) electrons. The molecule has 0 aliphatic heterocycles. The summed E-state index contributed by atoms with van der Waals surface area (Å²) >= 11 is 6.22. The Balaban J connectivity index is 2.00. The van der Waals surface area contributed by atoms with Crippen molar-refractivity contribution in [3.05, 3.63) is 82.9 Å². The van der Waals surface area contributed by atoms with E-state index in [1.807, 2.05) is 20.8 Å². The summed E-state index contributed by atoms with van der Waals surface area (Å²) in [5.41, 5.74) is 1.78. The second-order valence-corrected chi connectivity index (χ2v) is 9.64. The van der Waals surface area contributed by atoms with E-state index in [9.17, 15) is 13.2 Å². The third-order valence-electron chi connectivity index (χ3n) is 4.93. The number of aryl methyl sites for hydroxylation is 2. The number of hydrogen-bond acceptors (Lipinski definition) is 5. The van der Waals surface area contributed by atoms with Crippen molar-refractivity contribution < 1.29 is 22.7 Å². The van der Waals surface area contributed by atoms with Gasteiger partial charge in [0.1, 0.15) is 11.5 Å². The summed E-state index contributed by atoms with van der Waals surface area (Å²) in [6.45, 7) is 7.50. The highest BCUT2D eigenvalue weighted by Crippen LogP contribution is 2.29. The van der Waals surface area contributed by atoms with Crippen molar-refractivity contribution in [1.29, 1.82) is 0 Å². The number of sulfonamides is 1. The van der Waals surface area contributed by atoms with Crippen LogP contribution in [0.3, 0.4) is 0 Å². The van der Waals surface area contributed by atoms with E-state index >= 15 is 0 Å². The molecule has 0 aliphatic rings. The standard InChI is InChI=1S/C25H26ClNO5S/c1-5-31-21-13-11-20(12-14-21)27(33(29,30)23-9-7-6-8-10-23)25(28)19(4)32-22-15-17(2)24(26)18(3)16-22/h6-16,19H,5H2,1-4H3. The quantitative estimate of drug-likeness (QED) is 0.416. The summed E-state index contributed by atoms with van der Waals surface area (Å²) in [5.74, 6) is 0.273. The fourth-order valence-corrected chi connectivity index (χ4v) is 4.93. The molecule has 8 heteroatoms. The van der Waals surface area contributed by atoms with Gasteiger partial charge in [-0.25, -0.2) is 8.42 Å². The molecule has 1 unspecified atom stereocenters. The predicted octanol–water partition coefficient (Wildman–Crippen LogP) is 5.54. The molecule has 3 aromatic rings. The summed E-state index contributed by atoms with van der Waals surface area (Å²) < 4.78 is 39.1. The highest BCUT2D eigenvalue weighted by Gasteiger charge is 2.35. The van der Waals surface area contributed by atoms with E-state index in [1.165, 1.54) is 31.2 Å². The van der Waals surface area contributed by atoms with Crippen LogP contribution in [0.1, 0.15) is 25.0 Å². The molecule has 3 aromatic carbocycles. The Labute approximate surface area is 199 Å². The average molecular weight is 488 g/mol. The lowest BCUT2D eigenvalue weighted by Crippen LogP contribution is -2.44. The van der Waals surface area contributed by atoms with Gasteiger partial charge < -0.3 is 9.47 Å². The fourth-order valence-electron chi connectivity index (χ4n) is 3.32. The van der Waals surface area contributed by atoms with E-state index in [0.29, 0.717) is 23.1 Å². The molecule has 1 atom stereocenters. The van der Waals surface area contributed by atoms with Gasteiger partial charge in [-0.05, 0) is 87.4 Å². The summed E-state index contributed by atoms with van der Waals surface area (Å²) in [5, 5.41) is 0.615. The summed E-state index contributed by atoms with van der Waals surface area (Å²) in [6, 6.07) is 17.5. The number of ether oxygens (including phenoxy) is 2. The van der Waals surface area contributed by atoms with E-state index in [0.717, 1.165) is 15.4 Å². The summed E-state index contributed by atoms with van der Waals surface area (Å²) in [7, 11) is -4.20. The Morgan fingerprint density at radius 1 is 0.970 bits per heavy atom. The van der Waals surface area contributed by atoms with Crippen LogP contribution in [0.4, 0.5) is 5.69 Å². The Morgan fingerprint density at radius 2 is 1.55 bits per heavy atom. The molecule has 0 aliphatic carbocycles. The van der Waals surface area contributed by atoms with Crippen LogP contribution in [0.2, 0.25) is 5.02 Å². The minimum absolute atomic E-state index is 0.00221. The maximum atomic E-state index is 13.5. The number of carbonyl (C=O) groups is 1. The normalized spacial score (nSPS) is 12.2. The molecule has 0 fully saturated rings. The largest absolute Gasteiger partial charge is 0.494 e. The molecule has 0 spiro atoms. The number of hydrogen-bond donors (Lipinski definition) is 0. The Kier molecular flexibility index (Phi) is 7.66. The first-order valence-corrected chi connectivity index (χ1v) is 12.3. The van der Waals surface area contributed by atoms with Crippen LogP contribution in [0, 0.1) is 13.8 Å². The van der Waals surface area contributed by atoms with Crippen LogP contribution in [0.25, 0.3) is 0 Å². The molecule has 0 saturated heterocycles. The SMILES string of the molecule is CCOc1ccc(N(C(=O)C(C)Oc2cc(C)c(Cl)c(C)c2)S(=O)(=O)c2ccccc2)cc1. The van der Waals surface area contributed by atoms with Crippen molar-refractivity contribution in [3.8, 4) is 11.5 Å². The molecule has 0 N–H and O–H groups in total. The fraction of sp³-hybridized carbons (Fsp3) is 0.240. The van der Waals surface area contributed by atoms with Crippen molar-refractivity contribution in [1.82, 2.24) is 0 Å². The maximum absolute atomic E-state index is 13.5. The number of anilines is 1. The first-order chi connectivity index (χ1) is 15.6. The Bertz CT molecular complexity index is 1200. The van der Waals surface area contributed by atoms with Crippen molar-refractivity contribution in [3.63, 3.8) is 0 Å². The molecule has 33 heavy (non-hydrogen) atoms. The minimum Gasteiger partial charge on any atom is -0.494 e. The van der Waals surface area contributed by atoms with Gasteiger partial charge in [0.05, 0.1) is 17.2 Å². The third-order valence-corrected chi connectivity index (χ3v) is 7.27. The van der Waals surface area contributed by atoms with Gasteiger partial charge in [-0.1, -0.05) is 29.8 Å². The molecule has 0 saturated carbocycles. The number of amides is 1. The van der Waals surface area contributed by atoms with Crippen molar-refractivity contribution in [2.45, 2.75) is 38.7 Å². The maximum Gasteiger partial charge on any atom is 0.281 e. The molecular formula is C25H26ClNO5S. The lowest BCUT2D eigenvalue weighted by atomic mass is 10.1. The lowest BCUT2D eigenvalue weighted by Gasteiger charge is -2.26. The topological polar surface area (TPSA) is 72.9 Å². The second-order valence-electron chi connectivity index (χ2n) is 7.48. The Morgan fingerprint density at radius 3 is 2.09 bits per heavy atom. The van der Waals surface area contributed by atoms with Crippen LogP contribution in [0.15, 0.2) is 71.6 Å². The molecule has 0 aromatic heterocycles. The van der Waals surface area contributed by atoms with E-state index < -0.39 is 22.0 Å². The molecule has 3 rings (SSSR count). The van der Waals surface area contributed by atoms with Gasteiger partial charge in [-0.15, -0.1) is 0 Å². The number of nitrogens with zero attached hydrogens (tertiary/aromatic N) is 1. The van der Waals surface area contributed by atoms with Gasteiger partial charge in [-0.3, -0.25) is 4.79 Å². The van der Waals surface area contributed by atoms with E-state index in [4.69, 9.17) is 21.1 Å². The van der Waals surface area contributed by atoms with Gasteiger partial charge in [0, 0.05) is 5.02 Å². The molecular weight excluding hydrogens is 462 g/mol. The van der Waals surface area contributed by atoms with Gasteiger partial charge in [0.15, 0.2) is 6.10 Å². The van der Waals surface area contributed by atoms with E-state index in [-0.39, 0.29) is 10.6 Å². The first-order valence-electron chi connectivity index (χ1n) is 10.5. The van der Waals surface area contributed by atoms with Crippen molar-refractivity contribution >= 4 is 33.2 Å². The number of halogens is 1. The number of carbonyl (C=O) groups excluding carboxylic acids is 1. The van der Waals surface area contributed by atoms with Gasteiger partial charge in [-0.2, -0.15) is 4.31 Å². The zero-order valence-corrected chi connectivity index (χ0v) is 20.5. The Hall–Kier alpha value is -3.03. The van der Waals surface area contributed by atoms with E-state index in [1.54, 1.807) is 42.5 Å². The van der Waals surface area contributed by atoms with Gasteiger partial charge in [0.25, 0.3) is 15.9 Å². The zero-order chi connectivity index (χ0) is 24.2. The zero-order valence-electron chi connectivity index (χ0n) is 18.9. The van der Waals surface area contributed by atoms with Crippen LogP contribution in [0.5, 0.6) is 11.5 Å². The number of rotatable bonds is 8. The third kappa shape index (κ3) is 5.49. The van der Waals surface area contributed by atoms with Crippen LogP contribution in [-0.2, 0) is 14.8 Å². The van der Waals surface area contributed by atoms with Gasteiger partial charge in [0.2, 0.25) is 0 Å². The highest BCUT2D eigenvalue weighted by molar-refractivity contribution is 7.93. The van der Waals surface area contributed by atoms with Crippen molar-refractivity contribution in [2.75, 3.05) is 10.9 Å². The van der Waals surface area contributed by atoms with Crippen molar-refractivity contribution in [2.24, 2.45) is 0 Å². The van der Waals surface area contributed by atoms with E-state index in [2.05, 4.69) is 0 Å². The second kappa shape index (κ2) is 10.3. The van der Waals surface area contributed by atoms with Crippen LogP contribution >= 0.6 is 11.6 Å². The predicted molar refractivity (Wildman–Crippen MR) is 130 cm³/mol.